The number of benzene rings is 1. The molecule has 3 aromatic rings. The van der Waals surface area contributed by atoms with E-state index in [9.17, 15) is 9.18 Å². The summed E-state index contributed by atoms with van der Waals surface area (Å²) in [4.78, 5) is 21.4. The highest BCUT2D eigenvalue weighted by molar-refractivity contribution is 7.99. The zero-order chi connectivity index (χ0) is 23.1. The number of aromatic nitrogens is 4. The van der Waals surface area contributed by atoms with E-state index >= 15 is 0 Å². The number of hydrogen-bond acceptors (Lipinski definition) is 7. The standard InChI is InChI=1S/C22H29FN6O2S/c1-14(2)11-25-20-16-12-26-29(21(16)28-22(27-20)32-15(3)4)10-9-24-19(30)13-31-18-8-6-5-7-17(18)23/h5-8,12,14-15H,9-11,13H2,1-4H3,(H,24,30)(H,25,27,28). The first-order valence-electron chi connectivity index (χ1n) is 10.6. The number of nitrogens with one attached hydrogen (secondary N) is 2. The fourth-order valence-corrected chi connectivity index (χ4v) is 3.56. The van der Waals surface area contributed by atoms with Crippen LogP contribution in [0.25, 0.3) is 11.0 Å². The van der Waals surface area contributed by atoms with Crippen molar-refractivity contribution < 1.29 is 13.9 Å². The number of ether oxygens (including phenoxy) is 1. The number of rotatable bonds is 11. The Morgan fingerprint density at radius 2 is 2.00 bits per heavy atom. The van der Waals surface area contributed by atoms with Gasteiger partial charge in [-0.15, -0.1) is 0 Å². The highest BCUT2D eigenvalue weighted by Gasteiger charge is 2.15. The lowest BCUT2D eigenvalue weighted by Crippen LogP contribution is -2.31. The Bertz CT molecular complexity index is 1060. The van der Waals surface area contributed by atoms with E-state index in [1.165, 1.54) is 12.1 Å². The molecule has 1 aromatic carbocycles. The van der Waals surface area contributed by atoms with Crippen LogP contribution in [0.2, 0.25) is 0 Å². The molecule has 0 saturated carbocycles. The summed E-state index contributed by atoms with van der Waals surface area (Å²) in [5, 5.41) is 12.5. The van der Waals surface area contributed by atoms with E-state index in [0.29, 0.717) is 35.1 Å². The van der Waals surface area contributed by atoms with Crippen LogP contribution in [0.4, 0.5) is 10.2 Å². The van der Waals surface area contributed by atoms with Gasteiger partial charge in [-0.2, -0.15) is 5.10 Å². The van der Waals surface area contributed by atoms with Crippen molar-refractivity contribution in [2.24, 2.45) is 5.92 Å². The van der Waals surface area contributed by atoms with Crippen LogP contribution in [0, 0.1) is 11.7 Å². The molecule has 0 bridgehead atoms. The minimum Gasteiger partial charge on any atom is -0.481 e. The van der Waals surface area contributed by atoms with Crippen LogP contribution in [0.3, 0.4) is 0 Å². The van der Waals surface area contributed by atoms with E-state index in [4.69, 9.17) is 4.74 Å². The quantitative estimate of drug-likeness (QED) is 0.333. The van der Waals surface area contributed by atoms with E-state index < -0.39 is 5.82 Å². The fourth-order valence-electron chi connectivity index (χ4n) is 2.86. The molecule has 0 unspecified atom stereocenters. The van der Waals surface area contributed by atoms with Crippen molar-refractivity contribution in [2.45, 2.75) is 44.6 Å². The lowest BCUT2D eigenvalue weighted by molar-refractivity contribution is -0.123. The summed E-state index contributed by atoms with van der Waals surface area (Å²) >= 11 is 1.59. The Labute approximate surface area is 191 Å². The number of hydrogen-bond donors (Lipinski definition) is 2. The van der Waals surface area contributed by atoms with Gasteiger partial charge in [0, 0.05) is 18.3 Å². The van der Waals surface area contributed by atoms with E-state index in [0.717, 1.165) is 17.7 Å². The Hall–Kier alpha value is -2.88. The molecule has 0 spiro atoms. The van der Waals surface area contributed by atoms with Gasteiger partial charge in [0.15, 0.2) is 29.0 Å². The highest BCUT2D eigenvalue weighted by Crippen LogP contribution is 2.26. The summed E-state index contributed by atoms with van der Waals surface area (Å²) in [5.41, 5.74) is 0.714. The Balaban J connectivity index is 1.64. The Morgan fingerprint density at radius 3 is 2.72 bits per heavy atom. The van der Waals surface area contributed by atoms with Crippen LogP contribution in [0.15, 0.2) is 35.6 Å². The first-order valence-corrected chi connectivity index (χ1v) is 11.5. The number of para-hydroxylation sites is 1. The van der Waals surface area contributed by atoms with Crippen molar-refractivity contribution in [2.75, 3.05) is 25.0 Å². The zero-order valence-electron chi connectivity index (χ0n) is 18.8. The molecule has 3 rings (SSSR count). The molecule has 8 nitrogen and oxygen atoms in total. The SMILES string of the molecule is CC(C)CNc1nc(SC(C)C)nc2c1cnn2CCNC(=O)COc1ccccc1F. The summed E-state index contributed by atoms with van der Waals surface area (Å²) in [7, 11) is 0. The molecule has 172 valence electrons. The molecule has 1 amide bonds. The maximum absolute atomic E-state index is 13.6. The van der Waals surface area contributed by atoms with Crippen LogP contribution >= 0.6 is 11.8 Å². The largest absolute Gasteiger partial charge is 0.481 e. The first-order chi connectivity index (χ1) is 15.3. The van der Waals surface area contributed by atoms with Crippen LogP contribution in [0.5, 0.6) is 5.75 Å². The van der Waals surface area contributed by atoms with E-state index in [1.54, 1.807) is 34.8 Å². The third kappa shape index (κ3) is 6.56. The van der Waals surface area contributed by atoms with Gasteiger partial charge in [-0.05, 0) is 18.1 Å². The molecule has 32 heavy (non-hydrogen) atoms. The predicted octanol–water partition coefficient (Wildman–Crippen LogP) is 3.73. The summed E-state index contributed by atoms with van der Waals surface area (Å²) < 4.78 is 20.6. The van der Waals surface area contributed by atoms with Crippen molar-refractivity contribution in [3.63, 3.8) is 0 Å². The number of fused-ring (bicyclic) bond motifs is 1. The van der Waals surface area contributed by atoms with Crippen LogP contribution in [0.1, 0.15) is 27.7 Å². The molecule has 10 heteroatoms. The van der Waals surface area contributed by atoms with Gasteiger partial charge in [0.05, 0.1) is 18.1 Å². The second-order valence-corrected chi connectivity index (χ2v) is 9.51. The molecular formula is C22H29FN6O2S. The molecule has 0 radical (unpaired) electrons. The number of nitrogens with zero attached hydrogens (tertiary/aromatic N) is 4. The summed E-state index contributed by atoms with van der Waals surface area (Å²) in [5.74, 6) is 0.446. The molecule has 0 aliphatic rings. The van der Waals surface area contributed by atoms with Crippen molar-refractivity contribution in [1.82, 2.24) is 25.1 Å². The molecule has 2 aromatic heterocycles. The highest BCUT2D eigenvalue weighted by atomic mass is 32.2. The number of halogens is 1. The minimum atomic E-state index is -0.500. The minimum absolute atomic E-state index is 0.0500. The topological polar surface area (TPSA) is 94.0 Å². The lowest BCUT2D eigenvalue weighted by Gasteiger charge is -2.12. The van der Waals surface area contributed by atoms with Gasteiger partial charge < -0.3 is 15.4 Å². The summed E-state index contributed by atoms with van der Waals surface area (Å²) in [6.45, 7) is 9.76. The monoisotopic (exact) mass is 460 g/mol. The van der Waals surface area contributed by atoms with Crippen LogP contribution in [-0.4, -0.2) is 50.6 Å². The molecule has 0 fully saturated rings. The van der Waals surface area contributed by atoms with Crippen LogP contribution in [-0.2, 0) is 11.3 Å². The van der Waals surface area contributed by atoms with Crippen molar-refractivity contribution in [1.29, 1.82) is 0 Å². The second kappa shape index (κ2) is 11.1. The van der Waals surface area contributed by atoms with Gasteiger partial charge in [0.25, 0.3) is 5.91 Å². The summed E-state index contributed by atoms with van der Waals surface area (Å²) in [6, 6.07) is 5.98. The smallest absolute Gasteiger partial charge is 0.258 e. The molecule has 0 aliphatic heterocycles. The van der Waals surface area contributed by atoms with Gasteiger partial charge in [-0.3, -0.25) is 4.79 Å². The average Bonchev–Trinajstić information content (AvgIpc) is 3.14. The van der Waals surface area contributed by atoms with Crippen LogP contribution < -0.4 is 15.4 Å². The van der Waals surface area contributed by atoms with Gasteiger partial charge in [0.1, 0.15) is 5.82 Å². The zero-order valence-corrected chi connectivity index (χ0v) is 19.6. The fraction of sp³-hybridized carbons (Fsp3) is 0.455. The van der Waals surface area contributed by atoms with E-state index in [-0.39, 0.29) is 18.3 Å². The normalized spacial score (nSPS) is 11.3. The Kier molecular flexibility index (Phi) is 8.26. The predicted molar refractivity (Wildman–Crippen MR) is 125 cm³/mol. The number of carbonyl (C=O) groups is 1. The first kappa shape index (κ1) is 23.8. The maximum atomic E-state index is 13.6. The molecule has 2 N–H and O–H groups in total. The molecule has 0 saturated heterocycles. The number of carbonyl (C=O) groups excluding carboxylic acids is 1. The third-order valence-corrected chi connectivity index (χ3v) is 5.20. The summed E-state index contributed by atoms with van der Waals surface area (Å²) in [6.07, 6.45) is 1.74. The number of amides is 1. The lowest BCUT2D eigenvalue weighted by atomic mass is 10.2. The van der Waals surface area contributed by atoms with Gasteiger partial charge in [-0.25, -0.2) is 19.0 Å². The van der Waals surface area contributed by atoms with Crippen molar-refractivity contribution in [3.05, 3.63) is 36.3 Å². The molecule has 2 heterocycles. The molecular weight excluding hydrogens is 431 g/mol. The van der Waals surface area contributed by atoms with Gasteiger partial charge in [0.2, 0.25) is 0 Å². The van der Waals surface area contributed by atoms with E-state index in [2.05, 4.69) is 53.4 Å². The Morgan fingerprint density at radius 1 is 1.22 bits per heavy atom. The second-order valence-electron chi connectivity index (χ2n) is 7.97. The average molecular weight is 461 g/mol. The van der Waals surface area contributed by atoms with Crippen molar-refractivity contribution in [3.8, 4) is 5.75 Å². The third-order valence-electron chi connectivity index (χ3n) is 4.34. The van der Waals surface area contributed by atoms with Crippen molar-refractivity contribution >= 4 is 34.5 Å². The molecule has 0 aliphatic carbocycles. The van der Waals surface area contributed by atoms with Gasteiger partial charge in [-0.1, -0.05) is 51.6 Å². The van der Waals surface area contributed by atoms with Gasteiger partial charge >= 0.3 is 0 Å². The number of anilines is 1. The maximum Gasteiger partial charge on any atom is 0.258 e. The van der Waals surface area contributed by atoms with E-state index in [1.807, 2.05) is 0 Å². The number of thioether (sulfide) groups is 1. The molecule has 0 atom stereocenters.